The Hall–Kier alpha value is -1.62. The molecule has 0 bridgehead atoms. The number of aryl methyl sites for hydroxylation is 2. The summed E-state index contributed by atoms with van der Waals surface area (Å²) in [5.74, 6) is 0.982. The van der Waals surface area contributed by atoms with Crippen LogP contribution in [-0.4, -0.2) is 39.5 Å². The number of hydrogen-bond donors (Lipinski definition) is 0. The third-order valence-corrected chi connectivity index (χ3v) is 3.70. The number of nitrogens with zero attached hydrogens (tertiary/aromatic N) is 4. The van der Waals surface area contributed by atoms with Crippen molar-refractivity contribution in [1.82, 2.24) is 19.8 Å². The molecule has 0 N–H and O–H groups in total. The maximum absolute atomic E-state index is 5.24. The van der Waals surface area contributed by atoms with Gasteiger partial charge in [-0.05, 0) is 25.8 Å². The van der Waals surface area contributed by atoms with Gasteiger partial charge >= 0.3 is 0 Å². The summed E-state index contributed by atoms with van der Waals surface area (Å²) in [5.41, 5.74) is 2.19. The van der Waals surface area contributed by atoms with Gasteiger partial charge in [-0.3, -0.25) is 4.68 Å². The first kappa shape index (κ1) is 12.4. The van der Waals surface area contributed by atoms with E-state index in [0.717, 1.165) is 37.5 Å². The molecule has 1 atom stereocenters. The summed E-state index contributed by atoms with van der Waals surface area (Å²) < 4.78 is 7.35. The van der Waals surface area contributed by atoms with Gasteiger partial charge in [-0.2, -0.15) is 5.10 Å². The van der Waals surface area contributed by atoms with Crippen LogP contribution in [0.5, 0.6) is 0 Å². The summed E-state index contributed by atoms with van der Waals surface area (Å²) in [6, 6.07) is 2.54. The number of rotatable bonds is 4. The van der Waals surface area contributed by atoms with Gasteiger partial charge in [0.2, 0.25) is 0 Å². The van der Waals surface area contributed by atoms with Crippen LogP contribution in [0.2, 0.25) is 0 Å². The van der Waals surface area contributed by atoms with Crippen LogP contribution in [0, 0.1) is 13.8 Å². The number of hydrogen-bond acceptors (Lipinski definition) is 4. The SMILES string of the molecule is Cc1cnn(C2CCN(CCc3cc(C)no3)C2)c1. The Bertz CT molecular complexity index is 545. The molecule has 19 heavy (non-hydrogen) atoms. The number of aromatic nitrogens is 3. The van der Waals surface area contributed by atoms with Gasteiger partial charge in [0, 0.05) is 38.3 Å². The zero-order valence-electron chi connectivity index (χ0n) is 11.5. The van der Waals surface area contributed by atoms with E-state index >= 15 is 0 Å². The van der Waals surface area contributed by atoms with Crippen LogP contribution in [0.1, 0.15) is 29.5 Å². The molecule has 5 nitrogen and oxygen atoms in total. The van der Waals surface area contributed by atoms with Gasteiger partial charge in [-0.15, -0.1) is 0 Å². The predicted octanol–water partition coefficient (Wildman–Crippen LogP) is 1.98. The van der Waals surface area contributed by atoms with Crippen LogP contribution in [-0.2, 0) is 6.42 Å². The van der Waals surface area contributed by atoms with E-state index in [1.54, 1.807) is 0 Å². The average molecular weight is 260 g/mol. The van der Waals surface area contributed by atoms with Gasteiger partial charge in [0.05, 0.1) is 17.9 Å². The van der Waals surface area contributed by atoms with Crippen molar-refractivity contribution in [3.63, 3.8) is 0 Å². The van der Waals surface area contributed by atoms with Crippen molar-refractivity contribution in [1.29, 1.82) is 0 Å². The van der Waals surface area contributed by atoms with E-state index in [-0.39, 0.29) is 0 Å². The van der Waals surface area contributed by atoms with Crippen LogP contribution in [0.25, 0.3) is 0 Å². The zero-order chi connectivity index (χ0) is 13.2. The van der Waals surface area contributed by atoms with Crippen molar-refractivity contribution >= 4 is 0 Å². The predicted molar refractivity (Wildman–Crippen MR) is 72.0 cm³/mol. The minimum Gasteiger partial charge on any atom is -0.361 e. The van der Waals surface area contributed by atoms with Crippen LogP contribution in [0.15, 0.2) is 23.0 Å². The number of likely N-dealkylation sites (tertiary alicyclic amines) is 1. The van der Waals surface area contributed by atoms with E-state index in [1.807, 2.05) is 19.2 Å². The maximum atomic E-state index is 5.24. The lowest BCUT2D eigenvalue weighted by Gasteiger charge is -2.15. The standard InChI is InChI=1S/C14H20N4O/c1-11-8-15-18(9-11)13-3-5-17(10-13)6-4-14-7-12(2)16-19-14/h7-9,13H,3-6,10H2,1-2H3. The van der Waals surface area contributed by atoms with Crippen molar-refractivity contribution in [2.75, 3.05) is 19.6 Å². The summed E-state index contributed by atoms with van der Waals surface area (Å²) in [5, 5.41) is 8.33. The highest BCUT2D eigenvalue weighted by Gasteiger charge is 2.24. The molecule has 3 rings (SSSR count). The molecule has 0 saturated carbocycles. The first-order chi connectivity index (χ1) is 9.20. The highest BCUT2D eigenvalue weighted by molar-refractivity contribution is 5.04. The zero-order valence-corrected chi connectivity index (χ0v) is 11.5. The lowest BCUT2D eigenvalue weighted by molar-refractivity contribution is 0.301. The summed E-state index contributed by atoms with van der Waals surface area (Å²) >= 11 is 0. The molecule has 0 amide bonds. The molecule has 102 valence electrons. The monoisotopic (exact) mass is 260 g/mol. The van der Waals surface area contributed by atoms with Crippen LogP contribution < -0.4 is 0 Å². The Morgan fingerprint density at radius 1 is 1.42 bits per heavy atom. The first-order valence-electron chi connectivity index (χ1n) is 6.86. The molecule has 0 radical (unpaired) electrons. The van der Waals surface area contributed by atoms with E-state index in [2.05, 4.69) is 33.0 Å². The Balaban J connectivity index is 1.52. The fourth-order valence-corrected chi connectivity index (χ4v) is 2.67. The van der Waals surface area contributed by atoms with E-state index in [0.29, 0.717) is 6.04 Å². The van der Waals surface area contributed by atoms with Crippen LogP contribution in [0.4, 0.5) is 0 Å². The molecule has 2 aromatic heterocycles. The smallest absolute Gasteiger partial charge is 0.138 e. The second kappa shape index (κ2) is 5.17. The molecule has 1 saturated heterocycles. The van der Waals surface area contributed by atoms with Crippen molar-refractivity contribution < 1.29 is 4.52 Å². The molecule has 0 aromatic carbocycles. The molecule has 3 heterocycles. The second-order valence-electron chi connectivity index (χ2n) is 5.43. The van der Waals surface area contributed by atoms with Crippen LogP contribution >= 0.6 is 0 Å². The lowest BCUT2D eigenvalue weighted by Crippen LogP contribution is -2.24. The van der Waals surface area contributed by atoms with Crippen molar-refractivity contribution in [3.8, 4) is 0 Å². The van der Waals surface area contributed by atoms with E-state index < -0.39 is 0 Å². The first-order valence-corrected chi connectivity index (χ1v) is 6.86. The Labute approximate surface area is 113 Å². The summed E-state index contributed by atoms with van der Waals surface area (Å²) in [7, 11) is 0. The molecular formula is C14H20N4O. The highest BCUT2D eigenvalue weighted by Crippen LogP contribution is 2.21. The molecule has 2 aromatic rings. The van der Waals surface area contributed by atoms with Gasteiger partial charge in [0.25, 0.3) is 0 Å². The van der Waals surface area contributed by atoms with Gasteiger partial charge in [-0.25, -0.2) is 0 Å². The molecule has 1 aliphatic rings. The summed E-state index contributed by atoms with van der Waals surface area (Å²) in [6.07, 6.45) is 6.18. The van der Waals surface area contributed by atoms with Crippen molar-refractivity contribution in [3.05, 3.63) is 35.5 Å². The molecule has 0 spiro atoms. The van der Waals surface area contributed by atoms with Crippen molar-refractivity contribution in [2.24, 2.45) is 0 Å². The lowest BCUT2D eigenvalue weighted by atomic mass is 10.3. The minimum atomic E-state index is 0.519. The Kier molecular flexibility index (Phi) is 3.38. The third kappa shape index (κ3) is 2.87. The topological polar surface area (TPSA) is 47.1 Å². The third-order valence-electron chi connectivity index (χ3n) is 3.70. The molecule has 0 aliphatic carbocycles. The van der Waals surface area contributed by atoms with Gasteiger partial charge in [0.1, 0.15) is 5.76 Å². The quantitative estimate of drug-likeness (QED) is 0.843. The van der Waals surface area contributed by atoms with E-state index in [1.165, 1.54) is 12.0 Å². The maximum Gasteiger partial charge on any atom is 0.138 e. The van der Waals surface area contributed by atoms with Gasteiger partial charge in [-0.1, -0.05) is 5.16 Å². The van der Waals surface area contributed by atoms with Gasteiger partial charge < -0.3 is 9.42 Å². The van der Waals surface area contributed by atoms with Crippen LogP contribution in [0.3, 0.4) is 0 Å². The van der Waals surface area contributed by atoms with E-state index in [4.69, 9.17) is 4.52 Å². The molecule has 1 fully saturated rings. The molecule has 5 heteroatoms. The fraction of sp³-hybridized carbons (Fsp3) is 0.571. The highest BCUT2D eigenvalue weighted by atomic mass is 16.5. The average Bonchev–Trinajstić information content (AvgIpc) is 3.07. The Morgan fingerprint density at radius 3 is 3.00 bits per heavy atom. The normalized spacial score (nSPS) is 20.2. The minimum absolute atomic E-state index is 0.519. The fourth-order valence-electron chi connectivity index (χ4n) is 2.67. The molecule has 1 unspecified atom stereocenters. The van der Waals surface area contributed by atoms with Crippen molar-refractivity contribution in [2.45, 2.75) is 32.7 Å². The Morgan fingerprint density at radius 2 is 2.32 bits per heavy atom. The summed E-state index contributed by atoms with van der Waals surface area (Å²) in [4.78, 5) is 2.47. The molecule has 1 aliphatic heterocycles. The van der Waals surface area contributed by atoms with E-state index in [9.17, 15) is 0 Å². The summed E-state index contributed by atoms with van der Waals surface area (Å²) in [6.45, 7) is 7.29. The van der Waals surface area contributed by atoms with Gasteiger partial charge in [0.15, 0.2) is 0 Å². The largest absolute Gasteiger partial charge is 0.361 e. The second-order valence-corrected chi connectivity index (χ2v) is 5.43. The molecular weight excluding hydrogens is 240 g/mol.